The topological polar surface area (TPSA) is 80.3 Å². The van der Waals surface area contributed by atoms with Crippen LogP contribution in [0.15, 0.2) is 24.5 Å². The molecule has 1 atom stereocenters. The number of carbonyl (C=O) groups excluding carboxylic acids is 1. The van der Waals surface area contributed by atoms with Crippen molar-refractivity contribution in [3.63, 3.8) is 0 Å². The number of rotatable bonds is 4. The van der Waals surface area contributed by atoms with Gasteiger partial charge in [0.05, 0.1) is 11.6 Å². The fraction of sp³-hybridized carbons (Fsp3) is 0.438. The largest absolute Gasteiger partial charge is 0.384 e. The molecule has 1 saturated heterocycles. The third-order valence-corrected chi connectivity index (χ3v) is 4.59. The van der Waals surface area contributed by atoms with Crippen molar-refractivity contribution in [1.82, 2.24) is 24.3 Å². The van der Waals surface area contributed by atoms with Gasteiger partial charge < -0.3 is 15.2 Å². The monoisotopic (exact) mass is 348 g/mol. The van der Waals surface area contributed by atoms with Gasteiger partial charge in [0.15, 0.2) is 0 Å². The number of halogens is 1. The molecule has 2 aromatic rings. The minimum atomic E-state index is 0.0144. The van der Waals surface area contributed by atoms with Gasteiger partial charge in [-0.3, -0.25) is 9.69 Å². The zero-order chi connectivity index (χ0) is 17.3. The number of hydrogen-bond donors (Lipinski definition) is 1. The standard InChI is InChI=1S/C16H21ClN6O/c1-21(10-15-19-5-3-14(18)20-15)12-4-6-23(9-12)16(24)13-7-11(17)8-22(13)2/h3,5,7-8,12H,4,6,9-10H2,1-2H3,(H2,18,19,20). The maximum Gasteiger partial charge on any atom is 0.270 e. The lowest BCUT2D eigenvalue weighted by molar-refractivity contribution is 0.0770. The van der Waals surface area contributed by atoms with Crippen molar-refractivity contribution in [2.24, 2.45) is 7.05 Å². The minimum Gasteiger partial charge on any atom is -0.384 e. The number of amides is 1. The lowest BCUT2D eigenvalue weighted by Crippen LogP contribution is -2.37. The van der Waals surface area contributed by atoms with E-state index < -0.39 is 0 Å². The van der Waals surface area contributed by atoms with Gasteiger partial charge in [-0.2, -0.15) is 0 Å². The minimum absolute atomic E-state index is 0.0144. The number of carbonyl (C=O) groups is 1. The molecule has 0 radical (unpaired) electrons. The Balaban J connectivity index is 1.62. The summed E-state index contributed by atoms with van der Waals surface area (Å²) in [7, 11) is 3.85. The van der Waals surface area contributed by atoms with Crippen molar-refractivity contribution in [3.8, 4) is 0 Å². The molecule has 3 rings (SSSR count). The van der Waals surface area contributed by atoms with Gasteiger partial charge >= 0.3 is 0 Å². The number of likely N-dealkylation sites (tertiary alicyclic amines) is 1. The first kappa shape index (κ1) is 16.7. The number of anilines is 1. The van der Waals surface area contributed by atoms with Crippen LogP contribution in [0.25, 0.3) is 0 Å². The Bertz CT molecular complexity index is 746. The summed E-state index contributed by atoms with van der Waals surface area (Å²) < 4.78 is 1.77. The van der Waals surface area contributed by atoms with E-state index in [9.17, 15) is 4.79 Å². The molecular weight excluding hydrogens is 328 g/mol. The van der Waals surface area contributed by atoms with Gasteiger partial charge in [-0.15, -0.1) is 0 Å². The van der Waals surface area contributed by atoms with E-state index in [1.807, 2.05) is 19.0 Å². The first-order valence-electron chi connectivity index (χ1n) is 7.83. The molecule has 24 heavy (non-hydrogen) atoms. The Morgan fingerprint density at radius 1 is 1.54 bits per heavy atom. The van der Waals surface area contributed by atoms with Crippen LogP contribution in [0.4, 0.5) is 5.82 Å². The van der Waals surface area contributed by atoms with E-state index in [-0.39, 0.29) is 11.9 Å². The molecule has 2 aromatic heterocycles. The second kappa shape index (κ2) is 6.78. The molecule has 0 saturated carbocycles. The van der Waals surface area contributed by atoms with Crippen LogP contribution in [-0.2, 0) is 13.6 Å². The summed E-state index contributed by atoms with van der Waals surface area (Å²) in [6.07, 6.45) is 4.32. The van der Waals surface area contributed by atoms with E-state index in [4.69, 9.17) is 17.3 Å². The van der Waals surface area contributed by atoms with Gasteiger partial charge in [-0.25, -0.2) is 9.97 Å². The number of nitrogen functional groups attached to an aromatic ring is 1. The molecule has 3 heterocycles. The maximum atomic E-state index is 12.6. The fourth-order valence-corrected chi connectivity index (χ4v) is 3.28. The summed E-state index contributed by atoms with van der Waals surface area (Å²) >= 11 is 5.97. The highest BCUT2D eigenvalue weighted by Crippen LogP contribution is 2.20. The maximum absolute atomic E-state index is 12.6. The third-order valence-electron chi connectivity index (χ3n) is 4.38. The van der Waals surface area contributed by atoms with E-state index >= 15 is 0 Å². The van der Waals surface area contributed by atoms with E-state index in [2.05, 4.69) is 14.9 Å². The number of nitrogens with zero attached hydrogens (tertiary/aromatic N) is 5. The number of aromatic nitrogens is 3. The summed E-state index contributed by atoms with van der Waals surface area (Å²) in [5.74, 6) is 1.18. The molecule has 7 nitrogen and oxygen atoms in total. The van der Waals surface area contributed by atoms with Crippen LogP contribution in [0.5, 0.6) is 0 Å². The first-order chi connectivity index (χ1) is 11.4. The Labute approximate surface area is 146 Å². The smallest absolute Gasteiger partial charge is 0.270 e. The van der Waals surface area contributed by atoms with Gasteiger partial charge in [0.25, 0.3) is 5.91 Å². The van der Waals surface area contributed by atoms with Crippen LogP contribution in [0.3, 0.4) is 0 Å². The van der Waals surface area contributed by atoms with E-state index in [0.717, 1.165) is 13.0 Å². The number of likely N-dealkylation sites (N-methyl/N-ethyl adjacent to an activating group) is 1. The molecule has 0 spiro atoms. The second-order valence-electron chi connectivity index (χ2n) is 6.16. The lowest BCUT2D eigenvalue weighted by atomic mass is 10.2. The second-order valence-corrected chi connectivity index (χ2v) is 6.60. The molecule has 0 bridgehead atoms. The highest BCUT2D eigenvalue weighted by Gasteiger charge is 2.30. The first-order valence-corrected chi connectivity index (χ1v) is 8.20. The van der Waals surface area contributed by atoms with Crippen molar-refractivity contribution >= 4 is 23.3 Å². The van der Waals surface area contributed by atoms with E-state index in [1.54, 1.807) is 29.1 Å². The van der Waals surface area contributed by atoms with Crippen LogP contribution < -0.4 is 5.73 Å². The molecule has 1 fully saturated rings. The Kier molecular flexibility index (Phi) is 4.73. The predicted octanol–water partition coefficient (Wildman–Crippen LogP) is 1.40. The van der Waals surface area contributed by atoms with Crippen LogP contribution in [0.1, 0.15) is 22.7 Å². The normalized spacial score (nSPS) is 17.7. The molecule has 1 amide bonds. The van der Waals surface area contributed by atoms with Crippen LogP contribution in [0.2, 0.25) is 5.02 Å². The molecule has 1 unspecified atom stereocenters. The van der Waals surface area contributed by atoms with Crippen molar-refractivity contribution in [2.45, 2.75) is 19.0 Å². The summed E-state index contributed by atoms with van der Waals surface area (Å²) in [5, 5.41) is 0.576. The van der Waals surface area contributed by atoms with Gasteiger partial charge in [0.1, 0.15) is 17.3 Å². The molecule has 0 aromatic carbocycles. The Morgan fingerprint density at radius 3 is 3.00 bits per heavy atom. The van der Waals surface area contributed by atoms with Crippen LogP contribution in [0, 0.1) is 0 Å². The van der Waals surface area contributed by atoms with Gasteiger partial charge in [0.2, 0.25) is 0 Å². The molecule has 0 aliphatic carbocycles. The highest BCUT2D eigenvalue weighted by molar-refractivity contribution is 6.31. The molecule has 1 aliphatic heterocycles. The van der Waals surface area contributed by atoms with Crippen molar-refractivity contribution in [3.05, 3.63) is 41.1 Å². The summed E-state index contributed by atoms with van der Waals surface area (Å²) in [5.41, 5.74) is 6.31. The zero-order valence-corrected chi connectivity index (χ0v) is 14.6. The van der Waals surface area contributed by atoms with Gasteiger partial charge in [0, 0.05) is 38.6 Å². The fourth-order valence-electron chi connectivity index (χ4n) is 3.03. The SMILES string of the molecule is CN(Cc1nccc(N)n1)C1CCN(C(=O)c2cc(Cl)cn2C)C1. The highest BCUT2D eigenvalue weighted by atomic mass is 35.5. The number of hydrogen-bond acceptors (Lipinski definition) is 5. The lowest BCUT2D eigenvalue weighted by Gasteiger charge is -2.24. The van der Waals surface area contributed by atoms with E-state index in [1.165, 1.54) is 0 Å². The molecule has 1 aliphatic rings. The predicted molar refractivity (Wildman–Crippen MR) is 92.6 cm³/mol. The molecule has 128 valence electrons. The van der Waals surface area contributed by atoms with Crippen molar-refractivity contribution < 1.29 is 4.79 Å². The summed E-state index contributed by atoms with van der Waals surface area (Å²) in [4.78, 5) is 25.1. The van der Waals surface area contributed by atoms with Crippen LogP contribution in [-0.4, -0.2) is 56.4 Å². The van der Waals surface area contributed by atoms with E-state index in [0.29, 0.717) is 35.4 Å². The number of nitrogens with two attached hydrogens (primary N) is 1. The zero-order valence-electron chi connectivity index (χ0n) is 13.8. The average Bonchev–Trinajstić information content (AvgIpc) is 3.13. The summed E-state index contributed by atoms with van der Waals surface area (Å²) in [6.45, 7) is 2.02. The quantitative estimate of drug-likeness (QED) is 0.903. The van der Waals surface area contributed by atoms with Crippen molar-refractivity contribution in [1.29, 1.82) is 0 Å². The molecule has 8 heteroatoms. The van der Waals surface area contributed by atoms with Gasteiger partial charge in [-0.05, 0) is 25.6 Å². The van der Waals surface area contributed by atoms with Gasteiger partial charge in [-0.1, -0.05) is 11.6 Å². The molecular formula is C16H21ClN6O. The Morgan fingerprint density at radius 2 is 2.33 bits per heavy atom. The van der Waals surface area contributed by atoms with Crippen LogP contribution >= 0.6 is 11.6 Å². The average molecular weight is 349 g/mol. The van der Waals surface area contributed by atoms with Crippen molar-refractivity contribution in [2.75, 3.05) is 25.9 Å². The number of aryl methyl sites for hydroxylation is 1. The third kappa shape index (κ3) is 3.52. The Hall–Kier alpha value is -2.12. The summed E-state index contributed by atoms with van der Waals surface area (Å²) in [6, 6.07) is 3.65. The molecule has 2 N–H and O–H groups in total.